The summed E-state index contributed by atoms with van der Waals surface area (Å²) in [7, 11) is 1.91. The lowest BCUT2D eigenvalue weighted by Crippen LogP contribution is -2.24. The lowest BCUT2D eigenvalue weighted by Gasteiger charge is -2.06. The third-order valence-electron chi connectivity index (χ3n) is 3.15. The quantitative estimate of drug-likeness (QED) is 0.756. The number of halogens is 1. The van der Waals surface area contributed by atoms with E-state index in [9.17, 15) is 0 Å². The monoisotopic (exact) mass is 341 g/mol. The topological polar surface area (TPSA) is 69.4 Å². The molecule has 1 N–H and O–H groups in total. The van der Waals surface area contributed by atoms with Gasteiger partial charge in [-0.3, -0.25) is 0 Å². The Labute approximate surface area is 143 Å². The summed E-state index contributed by atoms with van der Waals surface area (Å²) in [5, 5.41) is 7.07. The summed E-state index contributed by atoms with van der Waals surface area (Å²) in [6.07, 6.45) is 1.72. The number of nitrogens with one attached hydrogen (secondary N) is 1. The lowest BCUT2D eigenvalue weighted by atomic mass is 10.2. The second-order valence-corrected chi connectivity index (χ2v) is 5.11. The van der Waals surface area contributed by atoms with Gasteiger partial charge in [-0.05, 0) is 44.7 Å². The first-order valence-electron chi connectivity index (χ1n) is 7.55. The van der Waals surface area contributed by atoms with Crippen LogP contribution < -0.4 is 14.8 Å². The molecule has 0 amide bonds. The Morgan fingerprint density at radius 1 is 1.17 bits per heavy atom. The highest BCUT2D eigenvalue weighted by atomic mass is 35.5. The fourth-order valence-electron chi connectivity index (χ4n) is 1.80. The summed E-state index contributed by atoms with van der Waals surface area (Å²) in [4.78, 5) is 4.30. The van der Waals surface area contributed by atoms with E-state index < -0.39 is 0 Å². The normalized spacial score (nSPS) is 11.6. The van der Waals surface area contributed by atoms with Crippen LogP contribution in [0.5, 0.6) is 11.5 Å². The maximum Gasteiger partial charge on any atom is 0.264 e. The third kappa shape index (κ3) is 6.46. The van der Waals surface area contributed by atoms with Gasteiger partial charge in [-0.2, -0.15) is 4.98 Å². The molecular formula is C16H24ClN3O3. The summed E-state index contributed by atoms with van der Waals surface area (Å²) in [6.45, 7) is 5.12. The summed E-state index contributed by atoms with van der Waals surface area (Å²) in [6, 6.07) is 7.82. The molecule has 0 aliphatic rings. The van der Waals surface area contributed by atoms with Crippen LogP contribution in [-0.4, -0.2) is 29.8 Å². The molecule has 1 atom stereocenters. The van der Waals surface area contributed by atoms with Crippen LogP contribution in [0.2, 0.25) is 0 Å². The molecule has 1 aromatic carbocycles. The number of benzene rings is 1. The van der Waals surface area contributed by atoms with Crippen molar-refractivity contribution in [1.29, 1.82) is 0 Å². The highest BCUT2D eigenvalue weighted by Gasteiger charge is 2.10. The van der Waals surface area contributed by atoms with Gasteiger partial charge in [0.25, 0.3) is 5.89 Å². The van der Waals surface area contributed by atoms with Crippen LogP contribution in [0.4, 0.5) is 0 Å². The van der Waals surface area contributed by atoms with Gasteiger partial charge in [-0.15, -0.1) is 12.4 Å². The molecule has 23 heavy (non-hydrogen) atoms. The van der Waals surface area contributed by atoms with E-state index in [-0.39, 0.29) is 19.0 Å². The average molecular weight is 342 g/mol. The second-order valence-electron chi connectivity index (χ2n) is 5.11. The van der Waals surface area contributed by atoms with E-state index in [4.69, 9.17) is 14.0 Å². The van der Waals surface area contributed by atoms with Crippen LogP contribution in [0, 0.1) is 0 Å². The van der Waals surface area contributed by atoms with Crippen molar-refractivity contribution in [3.05, 3.63) is 36.0 Å². The molecule has 0 aliphatic carbocycles. The van der Waals surface area contributed by atoms with Gasteiger partial charge in [0, 0.05) is 12.5 Å². The van der Waals surface area contributed by atoms with Gasteiger partial charge < -0.3 is 19.3 Å². The van der Waals surface area contributed by atoms with Gasteiger partial charge in [0.2, 0.25) is 0 Å². The maximum atomic E-state index is 5.63. The van der Waals surface area contributed by atoms with Crippen LogP contribution in [0.25, 0.3) is 0 Å². The highest BCUT2D eigenvalue weighted by Crippen LogP contribution is 2.18. The first kappa shape index (κ1) is 19.3. The van der Waals surface area contributed by atoms with Gasteiger partial charge >= 0.3 is 0 Å². The minimum atomic E-state index is 0. The molecule has 2 rings (SSSR count). The fourth-order valence-corrected chi connectivity index (χ4v) is 1.80. The number of rotatable bonds is 9. The van der Waals surface area contributed by atoms with Crippen LogP contribution in [0.15, 0.2) is 28.8 Å². The van der Waals surface area contributed by atoms with Crippen molar-refractivity contribution in [3.8, 4) is 11.5 Å². The Hall–Kier alpha value is -1.79. The number of aromatic nitrogens is 2. The van der Waals surface area contributed by atoms with E-state index in [0.717, 1.165) is 30.9 Å². The SMILES string of the molecule is CCCOc1ccc(OCc2nc(CC(C)NC)no2)cc1.Cl. The van der Waals surface area contributed by atoms with Crippen molar-refractivity contribution >= 4 is 12.4 Å². The van der Waals surface area contributed by atoms with Crippen LogP contribution in [-0.2, 0) is 13.0 Å². The molecule has 0 fully saturated rings. The first-order valence-corrected chi connectivity index (χ1v) is 7.55. The van der Waals surface area contributed by atoms with E-state index >= 15 is 0 Å². The number of likely N-dealkylation sites (N-methyl/N-ethyl adjacent to an activating group) is 1. The van der Waals surface area contributed by atoms with E-state index in [1.807, 2.05) is 31.3 Å². The van der Waals surface area contributed by atoms with Crippen molar-refractivity contribution in [1.82, 2.24) is 15.5 Å². The predicted molar refractivity (Wildman–Crippen MR) is 90.3 cm³/mol. The molecule has 0 aliphatic heterocycles. The van der Waals surface area contributed by atoms with Crippen molar-refractivity contribution in [3.63, 3.8) is 0 Å². The molecule has 0 bridgehead atoms. The number of ether oxygens (including phenoxy) is 2. The molecule has 128 valence electrons. The van der Waals surface area contributed by atoms with Crippen molar-refractivity contribution in [2.45, 2.75) is 39.3 Å². The maximum absolute atomic E-state index is 5.63. The molecule has 1 aromatic heterocycles. The minimum absolute atomic E-state index is 0. The van der Waals surface area contributed by atoms with E-state index in [0.29, 0.717) is 17.8 Å². The largest absolute Gasteiger partial charge is 0.494 e. The molecule has 0 saturated carbocycles. The standard InChI is InChI=1S/C16H23N3O3.ClH/c1-4-9-20-13-5-7-14(8-6-13)21-11-16-18-15(19-22-16)10-12(2)17-3;/h5-8,12,17H,4,9-11H2,1-3H3;1H. The smallest absolute Gasteiger partial charge is 0.264 e. The zero-order chi connectivity index (χ0) is 15.8. The Morgan fingerprint density at radius 2 is 1.83 bits per heavy atom. The number of hydrogen-bond donors (Lipinski definition) is 1. The molecule has 0 radical (unpaired) electrons. The minimum Gasteiger partial charge on any atom is -0.494 e. The number of hydrogen-bond acceptors (Lipinski definition) is 6. The molecule has 6 nitrogen and oxygen atoms in total. The van der Waals surface area contributed by atoms with Crippen LogP contribution in [0.1, 0.15) is 32.0 Å². The Bertz CT molecular complexity index is 560. The lowest BCUT2D eigenvalue weighted by molar-refractivity contribution is 0.242. The van der Waals surface area contributed by atoms with Gasteiger partial charge in [-0.1, -0.05) is 12.1 Å². The molecular weight excluding hydrogens is 318 g/mol. The molecule has 1 unspecified atom stereocenters. The van der Waals surface area contributed by atoms with Gasteiger partial charge in [0.15, 0.2) is 12.4 Å². The summed E-state index contributed by atoms with van der Waals surface area (Å²) >= 11 is 0. The van der Waals surface area contributed by atoms with Crippen molar-refractivity contribution in [2.75, 3.05) is 13.7 Å². The van der Waals surface area contributed by atoms with Crippen molar-refractivity contribution in [2.24, 2.45) is 0 Å². The van der Waals surface area contributed by atoms with Gasteiger partial charge in [0.1, 0.15) is 11.5 Å². The Kier molecular flexibility index (Phi) is 8.43. The fraction of sp³-hybridized carbons (Fsp3) is 0.500. The molecule has 0 spiro atoms. The molecule has 0 saturated heterocycles. The molecule has 1 heterocycles. The third-order valence-corrected chi connectivity index (χ3v) is 3.15. The molecule has 7 heteroatoms. The first-order chi connectivity index (χ1) is 10.7. The Balaban J connectivity index is 0.00000264. The second kappa shape index (κ2) is 10.1. The van der Waals surface area contributed by atoms with Crippen LogP contribution >= 0.6 is 12.4 Å². The predicted octanol–water partition coefficient (Wildman–Crippen LogP) is 3.01. The Morgan fingerprint density at radius 3 is 2.43 bits per heavy atom. The average Bonchev–Trinajstić information content (AvgIpc) is 2.99. The number of nitrogens with zero attached hydrogens (tertiary/aromatic N) is 2. The summed E-state index contributed by atoms with van der Waals surface area (Å²) < 4.78 is 16.3. The van der Waals surface area contributed by atoms with E-state index in [1.165, 1.54) is 0 Å². The van der Waals surface area contributed by atoms with Gasteiger partial charge in [-0.25, -0.2) is 0 Å². The highest BCUT2D eigenvalue weighted by molar-refractivity contribution is 5.85. The van der Waals surface area contributed by atoms with Crippen LogP contribution in [0.3, 0.4) is 0 Å². The van der Waals surface area contributed by atoms with E-state index in [2.05, 4.69) is 29.3 Å². The summed E-state index contributed by atoms with van der Waals surface area (Å²) in [5.74, 6) is 2.75. The van der Waals surface area contributed by atoms with Crippen molar-refractivity contribution < 1.29 is 14.0 Å². The zero-order valence-electron chi connectivity index (χ0n) is 13.7. The van der Waals surface area contributed by atoms with Gasteiger partial charge in [0.05, 0.1) is 6.61 Å². The summed E-state index contributed by atoms with van der Waals surface area (Å²) in [5.41, 5.74) is 0. The van der Waals surface area contributed by atoms with E-state index in [1.54, 1.807) is 0 Å². The molecule has 2 aromatic rings. The zero-order valence-corrected chi connectivity index (χ0v) is 14.6.